The Kier molecular flexibility index (Phi) is 4.18. The molecule has 0 unspecified atom stereocenters. The molecule has 0 bridgehead atoms. The van der Waals surface area contributed by atoms with Crippen molar-refractivity contribution in [3.05, 3.63) is 35.4 Å². The summed E-state index contributed by atoms with van der Waals surface area (Å²) < 4.78 is 10.6. The van der Waals surface area contributed by atoms with Crippen LogP contribution in [-0.2, 0) is 0 Å². The number of aryl methyl sites for hydroxylation is 2. The summed E-state index contributed by atoms with van der Waals surface area (Å²) in [6.07, 6.45) is 1.68. The molecule has 1 saturated heterocycles. The number of methoxy groups -OCH3 is 1. The SMILES string of the molecule is COc1ccnc(N2CCN(C(=O)c3cc(C)oc3C)CC2)n1. The van der Waals surface area contributed by atoms with E-state index in [1.165, 1.54) is 0 Å². The Hall–Kier alpha value is -2.57. The number of furan rings is 1. The van der Waals surface area contributed by atoms with E-state index in [0.29, 0.717) is 49.3 Å². The second-order valence-corrected chi connectivity index (χ2v) is 5.51. The number of rotatable bonds is 3. The molecule has 3 heterocycles. The van der Waals surface area contributed by atoms with E-state index in [1.807, 2.05) is 18.7 Å². The van der Waals surface area contributed by atoms with Gasteiger partial charge in [0.2, 0.25) is 11.8 Å². The number of aromatic nitrogens is 2. The summed E-state index contributed by atoms with van der Waals surface area (Å²) >= 11 is 0. The van der Waals surface area contributed by atoms with Gasteiger partial charge in [-0.05, 0) is 19.9 Å². The van der Waals surface area contributed by atoms with Crippen LogP contribution in [0.1, 0.15) is 21.9 Å². The van der Waals surface area contributed by atoms with Crippen LogP contribution in [-0.4, -0.2) is 54.1 Å². The molecule has 1 amide bonds. The summed E-state index contributed by atoms with van der Waals surface area (Å²) in [6, 6.07) is 3.52. The van der Waals surface area contributed by atoms with Crippen LogP contribution in [0.5, 0.6) is 5.88 Å². The Morgan fingerprint density at radius 2 is 2.00 bits per heavy atom. The number of nitrogens with zero attached hydrogens (tertiary/aromatic N) is 4. The lowest BCUT2D eigenvalue weighted by molar-refractivity contribution is 0.0744. The van der Waals surface area contributed by atoms with Gasteiger partial charge in [-0.25, -0.2) is 4.98 Å². The first-order valence-electron chi connectivity index (χ1n) is 7.57. The van der Waals surface area contributed by atoms with Crippen molar-refractivity contribution in [3.63, 3.8) is 0 Å². The zero-order valence-corrected chi connectivity index (χ0v) is 13.6. The number of carbonyl (C=O) groups excluding carboxylic acids is 1. The van der Waals surface area contributed by atoms with Crippen LogP contribution in [0.4, 0.5) is 5.95 Å². The van der Waals surface area contributed by atoms with Crippen molar-refractivity contribution >= 4 is 11.9 Å². The summed E-state index contributed by atoms with van der Waals surface area (Å²) in [5, 5.41) is 0. The lowest BCUT2D eigenvalue weighted by Crippen LogP contribution is -2.49. The molecule has 1 aliphatic rings. The second-order valence-electron chi connectivity index (χ2n) is 5.51. The molecule has 7 nitrogen and oxygen atoms in total. The summed E-state index contributed by atoms with van der Waals surface area (Å²) in [7, 11) is 1.58. The van der Waals surface area contributed by atoms with Gasteiger partial charge < -0.3 is 19.0 Å². The molecule has 0 atom stereocenters. The summed E-state index contributed by atoms with van der Waals surface area (Å²) in [5.41, 5.74) is 0.647. The topological polar surface area (TPSA) is 71.7 Å². The maximum atomic E-state index is 12.6. The number of amides is 1. The maximum absolute atomic E-state index is 12.6. The van der Waals surface area contributed by atoms with E-state index in [9.17, 15) is 4.79 Å². The smallest absolute Gasteiger partial charge is 0.257 e. The van der Waals surface area contributed by atoms with Crippen molar-refractivity contribution in [1.82, 2.24) is 14.9 Å². The monoisotopic (exact) mass is 316 g/mol. The molecule has 23 heavy (non-hydrogen) atoms. The van der Waals surface area contributed by atoms with E-state index in [1.54, 1.807) is 25.4 Å². The minimum atomic E-state index is 0.0190. The number of ether oxygens (including phenoxy) is 1. The van der Waals surface area contributed by atoms with E-state index in [2.05, 4.69) is 14.9 Å². The van der Waals surface area contributed by atoms with Gasteiger partial charge in [-0.15, -0.1) is 0 Å². The number of hydrogen-bond donors (Lipinski definition) is 0. The van der Waals surface area contributed by atoms with Crippen molar-refractivity contribution in [2.24, 2.45) is 0 Å². The predicted molar refractivity (Wildman–Crippen MR) is 84.9 cm³/mol. The Balaban J connectivity index is 1.66. The van der Waals surface area contributed by atoms with Crippen LogP contribution >= 0.6 is 0 Å². The molecule has 0 aliphatic carbocycles. The van der Waals surface area contributed by atoms with Gasteiger partial charge >= 0.3 is 0 Å². The molecular formula is C16H20N4O3. The van der Waals surface area contributed by atoms with Crippen LogP contribution < -0.4 is 9.64 Å². The highest BCUT2D eigenvalue weighted by atomic mass is 16.5. The van der Waals surface area contributed by atoms with E-state index in [0.717, 1.165) is 5.76 Å². The fraction of sp³-hybridized carbons (Fsp3) is 0.438. The van der Waals surface area contributed by atoms with Gasteiger partial charge in [0.15, 0.2) is 0 Å². The van der Waals surface area contributed by atoms with Crippen molar-refractivity contribution in [2.75, 3.05) is 38.2 Å². The van der Waals surface area contributed by atoms with Gasteiger partial charge in [-0.3, -0.25) is 4.79 Å². The van der Waals surface area contributed by atoms with Crippen molar-refractivity contribution in [1.29, 1.82) is 0 Å². The molecule has 0 spiro atoms. The van der Waals surface area contributed by atoms with Gasteiger partial charge in [0.05, 0.1) is 12.7 Å². The molecule has 2 aromatic rings. The molecule has 1 fully saturated rings. The molecule has 0 saturated carbocycles. The first kappa shape index (κ1) is 15.3. The van der Waals surface area contributed by atoms with E-state index >= 15 is 0 Å². The van der Waals surface area contributed by atoms with Crippen molar-refractivity contribution in [2.45, 2.75) is 13.8 Å². The predicted octanol–water partition coefficient (Wildman–Crippen LogP) is 1.66. The molecule has 0 aromatic carbocycles. The summed E-state index contributed by atoms with van der Waals surface area (Å²) in [6.45, 7) is 6.30. The highest BCUT2D eigenvalue weighted by molar-refractivity contribution is 5.95. The fourth-order valence-corrected chi connectivity index (χ4v) is 2.72. The standard InChI is InChI=1S/C16H20N4O3/c1-11-10-13(12(2)23-11)15(21)19-6-8-20(9-7-19)16-17-5-4-14(18-16)22-3/h4-5,10H,6-9H2,1-3H3. The number of hydrogen-bond acceptors (Lipinski definition) is 6. The first-order chi connectivity index (χ1) is 11.1. The molecule has 2 aromatic heterocycles. The molecule has 0 radical (unpaired) electrons. The molecule has 7 heteroatoms. The van der Waals surface area contributed by atoms with Gasteiger partial charge in [0.25, 0.3) is 5.91 Å². The van der Waals surface area contributed by atoms with Crippen LogP contribution in [0.3, 0.4) is 0 Å². The highest BCUT2D eigenvalue weighted by Gasteiger charge is 2.25. The van der Waals surface area contributed by atoms with E-state index in [-0.39, 0.29) is 5.91 Å². The average Bonchev–Trinajstić information content (AvgIpc) is 2.93. The normalized spacial score (nSPS) is 14.9. The molecule has 3 rings (SSSR count). The van der Waals surface area contributed by atoms with Crippen LogP contribution in [0.15, 0.2) is 22.7 Å². The van der Waals surface area contributed by atoms with Crippen LogP contribution in [0.2, 0.25) is 0 Å². The Morgan fingerprint density at radius 3 is 2.61 bits per heavy atom. The van der Waals surface area contributed by atoms with E-state index in [4.69, 9.17) is 9.15 Å². The Morgan fingerprint density at radius 1 is 1.26 bits per heavy atom. The summed E-state index contributed by atoms with van der Waals surface area (Å²) in [4.78, 5) is 25.1. The first-order valence-corrected chi connectivity index (χ1v) is 7.57. The zero-order valence-electron chi connectivity index (χ0n) is 13.6. The van der Waals surface area contributed by atoms with Crippen LogP contribution in [0.25, 0.3) is 0 Å². The number of piperazine rings is 1. The number of anilines is 1. The maximum Gasteiger partial charge on any atom is 0.257 e. The van der Waals surface area contributed by atoms with E-state index < -0.39 is 0 Å². The lowest BCUT2D eigenvalue weighted by atomic mass is 10.2. The Bertz CT molecular complexity index is 705. The third-order valence-corrected chi connectivity index (χ3v) is 3.95. The fourth-order valence-electron chi connectivity index (χ4n) is 2.72. The minimum Gasteiger partial charge on any atom is -0.481 e. The average molecular weight is 316 g/mol. The molecule has 122 valence electrons. The number of carbonyl (C=O) groups is 1. The van der Waals surface area contributed by atoms with Crippen molar-refractivity contribution < 1.29 is 13.9 Å². The third-order valence-electron chi connectivity index (χ3n) is 3.95. The van der Waals surface area contributed by atoms with Gasteiger partial charge in [0, 0.05) is 38.4 Å². The molecule has 0 N–H and O–H groups in total. The third kappa shape index (κ3) is 3.13. The summed E-state index contributed by atoms with van der Waals surface area (Å²) in [5.74, 6) is 2.62. The quantitative estimate of drug-likeness (QED) is 0.857. The van der Waals surface area contributed by atoms with Gasteiger partial charge in [-0.2, -0.15) is 4.98 Å². The Labute approximate surface area is 134 Å². The largest absolute Gasteiger partial charge is 0.481 e. The minimum absolute atomic E-state index is 0.0190. The lowest BCUT2D eigenvalue weighted by Gasteiger charge is -2.34. The highest BCUT2D eigenvalue weighted by Crippen LogP contribution is 2.19. The van der Waals surface area contributed by atoms with Gasteiger partial charge in [0.1, 0.15) is 11.5 Å². The molecular weight excluding hydrogens is 296 g/mol. The second kappa shape index (κ2) is 6.28. The van der Waals surface area contributed by atoms with Gasteiger partial charge in [-0.1, -0.05) is 0 Å². The zero-order chi connectivity index (χ0) is 16.4. The van der Waals surface area contributed by atoms with Crippen LogP contribution in [0, 0.1) is 13.8 Å². The molecule has 1 aliphatic heterocycles. The van der Waals surface area contributed by atoms with Crippen molar-refractivity contribution in [3.8, 4) is 5.88 Å².